The molecule has 1 aromatic carbocycles. The molecule has 1 aliphatic rings. The van der Waals surface area contributed by atoms with Gasteiger partial charge in [0.25, 0.3) is 0 Å². The van der Waals surface area contributed by atoms with E-state index < -0.39 is 17.7 Å². The number of nitrogens with zero attached hydrogens (tertiary/aromatic N) is 2. The Kier molecular flexibility index (Phi) is 4.92. The maximum Gasteiger partial charge on any atom is 0.416 e. The van der Waals surface area contributed by atoms with Gasteiger partial charge in [0.15, 0.2) is 0 Å². The van der Waals surface area contributed by atoms with Gasteiger partial charge in [-0.1, -0.05) is 12.1 Å². The summed E-state index contributed by atoms with van der Waals surface area (Å²) in [5.41, 5.74) is -0.00406. The van der Waals surface area contributed by atoms with Gasteiger partial charge in [-0.3, -0.25) is 14.6 Å². The van der Waals surface area contributed by atoms with Crippen LogP contribution in [0.1, 0.15) is 17.7 Å². The summed E-state index contributed by atoms with van der Waals surface area (Å²) < 4.78 is 38.5. The lowest BCUT2D eigenvalue weighted by Gasteiger charge is -2.18. The summed E-state index contributed by atoms with van der Waals surface area (Å²) in [5.74, 6) is -1.30. The lowest BCUT2D eigenvalue weighted by molar-refractivity contribution is -0.137. The van der Waals surface area contributed by atoms with Crippen LogP contribution in [0.3, 0.4) is 0 Å². The average molecular weight is 363 g/mol. The van der Waals surface area contributed by atoms with E-state index in [1.165, 1.54) is 17.0 Å². The minimum Gasteiger partial charge on any atom is -0.350 e. The molecule has 0 bridgehead atoms. The second-order valence-electron chi connectivity index (χ2n) is 5.99. The van der Waals surface area contributed by atoms with Crippen LogP contribution < -0.4 is 10.2 Å². The molecule has 0 aliphatic carbocycles. The van der Waals surface area contributed by atoms with E-state index in [1.54, 1.807) is 24.4 Å². The summed E-state index contributed by atoms with van der Waals surface area (Å²) in [6, 6.07) is 9.86. The molecule has 8 heteroatoms. The van der Waals surface area contributed by atoms with Crippen LogP contribution in [0.2, 0.25) is 0 Å². The monoisotopic (exact) mass is 363 g/mol. The zero-order valence-corrected chi connectivity index (χ0v) is 13.7. The molecule has 5 nitrogen and oxygen atoms in total. The van der Waals surface area contributed by atoms with Crippen molar-refractivity contribution in [3.05, 3.63) is 59.9 Å². The van der Waals surface area contributed by atoms with E-state index in [0.29, 0.717) is 5.69 Å². The molecule has 1 atom stereocenters. The predicted octanol–water partition coefficient (Wildman–Crippen LogP) is 2.77. The molecule has 26 heavy (non-hydrogen) atoms. The fourth-order valence-electron chi connectivity index (χ4n) is 2.81. The maximum atomic E-state index is 12.8. The number of rotatable bonds is 4. The molecule has 136 valence electrons. The minimum absolute atomic E-state index is 0.0374. The van der Waals surface area contributed by atoms with E-state index in [9.17, 15) is 22.8 Å². The van der Waals surface area contributed by atoms with Gasteiger partial charge < -0.3 is 10.2 Å². The van der Waals surface area contributed by atoms with E-state index in [4.69, 9.17) is 0 Å². The fourth-order valence-corrected chi connectivity index (χ4v) is 2.81. The Balaban J connectivity index is 1.66. The van der Waals surface area contributed by atoms with E-state index >= 15 is 0 Å². The molecule has 0 saturated carbocycles. The predicted molar refractivity (Wildman–Crippen MR) is 88.0 cm³/mol. The average Bonchev–Trinajstić information content (AvgIpc) is 3.02. The van der Waals surface area contributed by atoms with Crippen molar-refractivity contribution in [2.24, 2.45) is 5.92 Å². The molecule has 1 aliphatic heterocycles. The Labute approximate surface area is 147 Å². The lowest BCUT2D eigenvalue weighted by Crippen LogP contribution is -2.32. The summed E-state index contributed by atoms with van der Waals surface area (Å²) in [7, 11) is 0. The molecular formula is C18H16F3N3O2. The second-order valence-corrected chi connectivity index (χ2v) is 5.99. The zero-order chi connectivity index (χ0) is 18.7. The smallest absolute Gasteiger partial charge is 0.350 e. The van der Waals surface area contributed by atoms with E-state index in [1.807, 2.05) is 0 Å². The normalized spacial score (nSPS) is 17.4. The number of carbonyl (C=O) groups excluding carboxylic acids is 2. The van der Waals surface area contributed by atoms with E-state index in [2.05, 4.69) is 10.3 Å². The molecule has 2 heterocycles. The first-order valence-corrected chi connectivity index (χ1v) is 8.00. The van der Waals surface area contributed by atoms with Crippen LogP contribution in [0.4, 0.5) is 18.9 Å². The van der Waals surface area contributed by atoms with Crippen LogP contribution >= 0.6 is 0 Å². The van der Waals surface area contributed by atoms with Gasteiger partial charge in [0.1, 0.15) is 0 Å². The second kappa shape index (κ2) is 7.15. The summed E-state index contributed by atoms with van der Waals surface area (Å²) in [4.78, 5) is 29.8. The molecule has 0 unspecified atom stereocenters. The van der Waals surface area contributed by atoms with Gasteiger partial charge in [-0.15, -0.1) is 0 Å². The molecule has 1 saturated heterocycles. The first kappa shape index (κ1) is 17.9. The van der Waals surface area contributed by atoms with Gasteiger partial charge in [0.2, 0.25) is 11.8 Å². The maximum absolute atomic E-state index is 12.8. The van der Waals surface area contributed by atoms with Gasteiger partial charge in [-0.25, -0.2) is 0 Å². The van der Waals surface area contributed by atoms with Gasteiger partial charge >= 0.3 is 6.18 Å². The highest BCUT2D eigenvalue weighted by Crippen LogP contribution is 2.33. The number of carbonyl (C=O) groups is 2. The summed E-state index contributed by atoms with van der Waals surface area (Å²) in [5, 5.41) is 2.71. The quantitative estimate of drug-likeness (QED) is 0.909. The third kappa shape index (κ3) is 4.01. The highest BCUT2D eigenvalue weighted by Gasteiger charge is 2.36. The van der Waals surface area contributed by atoms with Crippen molar-refractivity contribution in [2.45, 2.75) is 19.1 Å². The number of aromatic nitrogens is 1. The Morgan fingerprint density at radius 3 is 2.73 bits per heavy atom. The van der Waals surface area contributed by atoms with E-state index in [0.717, 1.165) is 12.1 Å². The standard InChI is InChI=1S/C18H16F3N3O2/c19-18(20,21)13-4-3-6-15(9-13)24-11-12(8-16(24)25)17(26)23-10-14-5-1-2-7-22-14/h1-7,9,12H,8,10-11H2,(H,23,26)/t12-/m1/s1. The van der Waals surface area contributed by atoms with Gasteiger partial charge in [0.05, 0.1) is 23.7 Å². The first-order valence-electron chi connectivity index (χ1n) is 8.00. The highest BCUT2D eigenvalue weighted by atomic mass is 19.4. The number of anilines is 1. The molecule has 3 rings (SSSR count). The van der Waals surface area contributed by atoms with Gasteiger partial charge in [-0.2, -0.15) is 13.2 Å². The number of nitrogens with one attached hydrogen (secondary N) is 1. The largest absolute Gasteiger partial charge is 0.416 e. The van der Waals surface area contributed by atoms with Crippen LogP contribution in [0, 0.1) is 5.92 Å². The number of benzene rings is 1. The molecule has 2 amide bonds. The number of amides is 2. The van der Waals surface area contributed by atoms with Crippen molar-refractivity contribution >= 4 is 17.5 Å². The molecular weight excluding hydrogens is 347 g/mol. The minimum atomic E-state index is -4.49. The van der Waals surface area contributed by atoms with Crippen molar-refractivity contribution in [1.29, 1.82) is 0 Å². The fraction of sp³-hybridized carbons (Fsp3) is 0.278. The number of pyridine rings is 1. The number of halogens is 3. The van der Waals surface area contributed by atoms with Crippen molar-refractivity contribution in [3.63, 3.8) is 0 Å². The Hall–Kier alpha value is -2.90. The Bertz CT molecular complexity index is 809. The van der Waals surface area contributed by atoms with Crippen LogP contribution in [-0.2, 0) is 22.3 Å². The third-order valence-corrected chi connectivity index (χ3v) is 4.15. The molecule has 0 spiro atoms. The van der Waals surface area contributed by atoms with Crippen LogP contribution in [-0.4, -0.2) is 23.3 Å². The number of hydrogen-bond acceptors (Lipinski definition) is 3. The highest BCUT2D eigenvalue weighted by molar-refractivity contribution is 6.00. The molecule has 1 fully saturated rings. The topological polar surface area (TPSA) is 62.3 Å². The Morgan fingerprint density at radius 2 is 2.04 bits per heavy atom. The zero-order valence-electron chi connectivity index (χ0n) is 13.7. The van der Waals surface area contributed by atoms with Crippen molar-refractivity contribution < 1.29 is 22.8 Å². The third-order valence-electron chi connectivity index (χ3n) is 4.15. The van der Waals surface area contributed by atoms with Crippen LogP contribution in [0.5, 0.6) is 0 Å². The Morgan fingerprint density at radius 1 is 1.23 bits per heavy atom. The number of hydrogen-bond donors (Lipinski definition) is 1. The SMILES string of the molecule is O=C(NCc1ccccn1)[C@@H]1CC(=O)N(c2cccc(C(F)(F)F)c2)C1. The van der Waals surface area contributed by atoms with Crippen molar-refractivity contribution in [2.75, 3.05) is 11.4 Å². The lowest BCUT2D eigenvalue weighted by atomic mass is 10.1. The van der Waals surface area contributed by atoms with Crippen molar-refractivity contribution in [1.82, 2.24) is 10.3 Å². The summed E-state index contributed by atoms with van der Waals surface area (Å²) in [6.07, 6.45) is -2.92. The van der Waals surface area contributed by atoms with Crippen LogP contribution in [0.15, 0.2) is 48.7 Å². The number of alkyl halides is 3. The molecule has 2 aromatic rings. The summed E-state index contributed by atoms with van der Waals surface area (Å²) in [6.45, 7) is 0.280. The van der Waals surface area contributed by atoms with E-state index in [-0.39, 0.29) is 37.0 Å². The molecule has 0 radical (unpaired) electrons. The van der Waals surface area contributed by atoms with Gasteiger partial charge in [0, 0.05) is 24.8 Å². The first-order chi connectivity index (χ1) is 12.3. The molecule has 1 N–H and O–H groups in total. The molecule has 1 aromatic heterocycles. The van der Waals surface area contributed by atoms with Crippen molar-refractivity contribution in [3.8, 4) is 0 Å². The van der Waals surface area contributed by atoms with Gasteiger partial charge in [-0.05, 0) is 30.3 Å². The summed E-state index contributed by atoms with van der Waals surface area (Å²) >= 11 is 0. The van der Waals surface area contributed by atoms with Crippen LogP contribution in [0.25, 0.3) is 0 Å².